The van der Waals surface area contributed by atoms with E-state index >= 15 is 0 Å². The van der Waals surface area contributed by atoms with Gasteiger partial charge in [0.2, 0.25) is 0 Å². The molecule has 1 aromatic carbocycles. The van der Waals surface area contributed by atoms with E-state index in [4.69, 9.17) is 4.74 Å². The Labute approximate surface area is 150 Å². The fourth-order valence-electron chi connectivity index (χ4n) is 2.36. The number of nitrogens with zero attached hydrogens (tertiary/aromatic N) is 3. The standard InChI is InChI=1S/C19H17FN4O2/c1-13-9-10-24-17(22-13)16(23-19(24)20)18(25)21-12-15-7-5-14(6-8-15)4-3-11-26-2/h5-10H,11-12H2,1-2H3,(H,21,25). The van der Waals surface area contributed by atoms with Gasteiger partial charge in [0.05, 0.1) is 0 Å². The van der Waals surface area contributed by atoms with Crippen molar-refractivity contribution in [1.82, 2.24) is 19.7 Å². The summed E-state index contributed by atoms with van der Waals surface area (Å²) >= 11 is 0. The largest absolute Gasteiger partial charge is 0.372 e. The Morgan fingerprint density at radius 3 is 2.77 bits per heavy atom. The van der Waals surface area contributed by atoms with Gasteiger partial charge in [0.25, 0.3) is 12.0 Å². The molecular weight excluding hydrogens is 335 g/mol. The smallest absolute Gasteiger partial charge is 0.295 e. The summed E-state index contributed by atoms with van der Waals surface area (Å²) in [4.78, 5) is 20.3. The lowest BCUT2D eigenvalue weighted by atomic mass is 10.1. The lowest BCUT2D eigenvalue weighted by Gasteiger charge is -2.04. The Bertz CT molecular complexity index is 1000. The van der Waals surface area contributed by atoms with Gasteiger partial charge in [-0.25, -0.2) is 4.98 Å². The number of amides is 1. The summed E-state index contributed by atoms with van der Waals surface area (Å²) in [7, 11) is 1.59. The summed E-state index contributed by atoms with van der Waals surface area (Å²) in [6.45, 7) is 2.43. The topological polar surface area (TPSA) is 68.5 Å². The van der Waals surface area contributed by atoms with Crippen LogP contribution >= 0.6 is 0 Å². The molecule has 0 aliphatic heterocycles. The molecule has 0 radical (unpaired) electrons. The fraction of sp³-hybridized carbons (Fsp3) is 0.211. The number of ether oxygens (including phenoxy) is 1. The zero-order valence-corrected chi connectivity index (χ0v) is 14.4. The maximum atomic E-state index is 13.8. The molecule has 7 heteroatoms. The number of hydrogen-bond acceptors (Lipinski definition) is 4. The number of methoxy groups -OCH3 is 1. The summed E-state index contributed by atoms with van der Waals surface area (Å²) in [6.07, 6.45) is 0.733. The van der Waals surface area contributed by atoms with Gasteiger partial charge in [0.15, 0.2) is 11.3 Å². The van der Waals surface area contributed by atoms with Crippen molar-refractivity contribution in [2.75, 3.05) is 13.7 Å². The van der Waals surface area contributed by atoms with Crippen molar-refractivity contribution < 1.29 is 13.9 Å². The molecule has 1 N–H and O–H groups in total. The van der Waals surface area contributed by atoms with Crippen LogP contribution in [-0.4, -0.2) is 34.0 Å². The van der Waals surface area contributed by atoms with Gasteiger partial charge in [-0.1, -0.05) is 24.0 Å². The third-order valence-corrected chi connectivity index (χ3v) is 3.66. The number of imidazole rings is 1. The van der Waals surface area contributed by atoms with E-state index in [1.807, 2.05) is 24.3 Å². The number of aromatic nitrogens is 3. The Kier molecular flexibility index (Phi) is 5.25. The minimum absolute atomic E-state index is 0.0340. The predicted octanol–water partition coefficient (Wildman–Crippen LogP) is 2.10. The van der Waals surface area contributed by atoms with Crippen LogP contribution < -0.4 is 5.32 Å². The van der Waals surface area contributed by atoms with Gasteiger partial charge in [-0.05, 0) is 30.7 Å². The molecule has 3 aromatic rings. The molecule has 6 nitrogen and oxygen atoms in total. The van der Waals surface area contributed by atoms with E-state index in [9.17, 15) is 9.18 Å². The van der Waals surface area contributed by atoms with Crippen molar-refractivity contribution in [3.8, 4) is 11.8 Å². The second-order valence-corrected chi connectivity index (χ2v) is 5.61. The van der Waals surface area contributed by atoms with Crippen molar-refractivity contribution >= 4 is 11.6 Å². The zero-order valence-electron chi connectivity index (χ0n) is 14.4. The number of aryl methyl sites for hydroxylation is 1. The third kappa shape index (κ3) is 3.87. The minimum atomic E-state index is -0.767. The van der Waals surface area contributed by atoms with Crippen LogP contribution in [0.15, 0.2) is 36.5 Å². The summed E-state index contributed by atoms with van der Waals surface area (Å²) in [5.41, 5.74) is 2.59. The maximum Gasteiger partial charge on any atom is 0.295 e. The molecule has 0 bridgehead atoms. The SMILES string of the molecule is COCC#Cc1ccc(CNC(=O)c2nc(F)n3ccc(C)nc23)cc1. The molecule has 26 heavy (non-hydrogen) atoms. The zero-order chi connectivity index (χ0) is 18.5. The highest BCUT2D eigenvalue weighted by Crippen LogP contribution is 2.11. The Balaban J connectivity index is 1.70. The minimum Gasteiger partial charge on any atom is -0.372 e. The third-order valence-electron chi connectivity index (χ3n) is 3.66. The number of hydrogen-bond donors (Lipinski definition) is 1. The van der Waals surface area contributed by atoms with E-state index in [-0.39, 0.29) is 17.9 Å². The average Bonchev–Trinajstić information content (AvgIpc) is 2.97. The van der Waals surface area contributed by atoms with Crippen molar-refractivity contribution in [3.63, 3.8) is 0 Å². The van der Waals surface area contributed by atoms with Crippen LogP contribution in [-0.2, 0) is 11.3 Å². The van der Waals surface area contributed by atoms with Crippen LogP contribution in [0, 0.1) is 24.8 Å². The second kappa shape index (κ2) is 7.76. The summed E-state index contributed by atoms with van der Waals surface area (Å²) < 4.78 is 19.9. The molecule has 2 aromatic heterocycles. The molecule has 132 valence electrons. The van der Waals surface area contributed by atoms with E-state index in [2.05, 4.69) is 27.1 Å². The highest BCUT2D eigenvalue weighted by atomic mass is 19.1. The molecule has 0 unspecified atom stereocenters. The van der Waals surface area contributed by atoms with Crippen molar-refractivity contribution in [1.29, 1.82) is 0 Å². The Morgan fingerprint density at radius 1 is 1.27 bits per heavy atom. The molecule has 0 spiro atoms. The number of rotatable bonds is 4. The number of carbonyl (C=O) groups excluding carboxylic acids is 1. The predicted molar refractivity (Wildman–Crippen MR) is 94.0 cm³/mol. The number of nitrogens with one attached hydrogen (secondary N) is 1. The van der Waals surface area contributed by atoms with Gasteiger partial charge in [0.1, 0.15) is 6.61 Å². The quantitative estimate of drug-likeness (QED) is 0.730. The van der Waals surface area contributed by atoms with Gasteiger partial charge in [0, 0.05) is 31.1 Å². The Hall–Kier alpha value is -3.24. The molecule has 2 heterocycles. The summed E-state index contributed by atoms with van der Waals surface area (Å²) in [5, 5.41) is 2.73. The van der Waals surface area contributed by atoms with Crippen molar-refractivity contribution in [2.24, 2.45) is 0 Å². The van der Waals surface area contributed by atoms with E-state index < -0.39 is 12.0 Å². The normalized spacial score (nSPS) is 10.4. The molecule has 0 atom stereocenters. The first-order chi connectivity index (χ1) is 12.6. The molecule has 0 aliphatic rings. The van der Waals surface area contributed by atoms with Gasteiger partial charge in [-0.15, -0.1) is 0 Å². The number of carbonyl (C=O) groups is 1. The first kappa shape index (κ1) is 17.6. The molecule has 0 fully saturated rings. The average molecular weight is 352 g/mol. The fourth-order valence-corrected chi connectivity index (χ4v) is 2.36. The van der Waals surface area contributed by atoms with Gasteiger partial charge >= 0.3 is 0 Å². The van der Waals surface area contributed by atoms with Crippen molar-refractivity contribution in [2.45, 2.75) is 13.5 Å². The molecular formula is C19H17FN4O2. The number of fused-ring (bicyclic) bond motifs is 1. The van der Waals surface area contributed by atoms with E-state index in [1.165, 1.54) is 6.20 Å². The second-order valence-electron chi connectivity index (χ2n) is 5.61. The highest BCUT2D eigenvalue weighted by molar-refractivity contribution is 5.97. The Morgan fingerprint density at radius 2 is 2.04 bits per heavy atom. The van der Waals surface area contributed by atoms with Crippen LogP contribution in [0.5, 0.6) is 0 Å². The van der Waals surface area contributed by atoms with Crippen molar-refractivity contribution in [3.05, 3.63) is 65.1 Å². The highest BCUT2D eigenvalue weighted by Gasteiger charge is 2.18. The number of halogens is 1. The monoisotopic (exact) mass is 352 g/mol. The first-order valence-corrected chi connectivity index (χ1v) is 7.94. The molecule has 1 amide bonds. The molecule has 0 saturated heterocycles. The molecule has 0 aliphatic carbocycles. The van der Waals surface area contributed by atoms with Crippen LogP contribution in [0.1, 0.15) is 27.3 Å². The van der Waals surface area contributed by atoms with Gasteiger partial charge in [-0.2, -0.15) is 9.37 Å². The molecule has 3 rings (SSSR count). The van der Waals surface area contributed by atoms with Gasteiger partial charge < -0.3 is 10.1 Å². The summed E-state index contributed by atoms with van der Waals surface area (Å²) in [6, 6.07) is 9.11. The van der Waals surface area contributed by atoms with Gasteiger partial charge in [-0.3, -0.25) is 9.20 Å². The van der Waals surface area contributed by atoms with E-state index in [0.29, 0.717) is 12.3 Å². The number of benzene rings is 1. The van der Waals surface area contributed by atoms with Crippen LogP contribution in [0.2, 0.25) is 0 Å². The van der Waals surface area contributed by atoms with Crippen LogP contribution in [0.4, 0.5) is 4.39 Å². The van der Waals surface area contributed by atoms with Crippen LogP contribution in [0.25, 0.3) is 5.65 Å². The first-order valence-electron chi connectivity index (χ1n) is 7.94. The summed E-state index contributed by atoms with van der Waals surface area (Å²) in [5.74, 6) is 5.36. The lowest BCUT2D eigenvalue weighted by molar-refractivity contribution is 0.0947. The maximum absolute atomic E-state index is 13.8. The molecule has 0 saturated carbocycles. The van der Waals surface area contributed by atoms with Crippen LogP contribution in [0.3, 0.4) is 0 Å². The lowest BCUT2D eigenvalue weighted by Crippen LogP contribution is -2.23. The van der Waals surface area contributed by atoms with E-state index in [0.717, 1.165) is 15.5 Å². The van der Waals surface area contributed by atoms with E-state index in [1.54, 1.807) is 20.1 Å².